The van der Waals surface area contributed by atoms with Gasteiger partial charge in [-0.1, -0.05) is 19.1 Å². The van der Waals surface area contributed by atoms with Crippen molar-refractivity contribution in [1.82, 2.24) is 0 Å². The molecule has 0 radical (unpaired) electrons. The Hall–Kier alpha value is -2.16. The Bertz CT molecular complexity index is 594. The predicted molar refractivity (Wildman–Crippen MR) is 82.3 cm³/mol. The third kappa shape index (κ3) is 3.23. The van der Waals surface area contributed by atoms with Crippen molar-refractivity contribution in [2.24, 2.45) is 0 Å². The second-order valence-electron chi connectivity index (χ2n) is 4.83. The molecule has 106 valence electrons. The topological polar surface area (TPSA) is 44.5 Å². The summed E-state index contributed by atoms with van der Waals surface area (Å²) in [4.78, 5) is 0. The molecule has 0 unspecified atom stereocenters. The molecule has 2 rings (SSSR count). The minimum Gasteiger partial charge on any atom is -0.496 e. The Morgan fingerprint density at radius 2 is 1.80 bits per heavy atom. The lowest BCUT2D eigenvalue weighted by Crippen LogP contribution is -2.00. The van der Waals surface area contributed by atoms with Crippen molar-refractivity contribution in [2.45, 2.75) is 26.9 Å². The van der Waals surface area contributed by atoms with E-state index in [1.807, 2.05) is 37.3 Å². The summed E-state index contributed by atoms with van der Waals surface area (Å²) in [5, 5.41) is 0. The fourth-order valence-corrected chi connectivity index (χ4v) is 2.16. The summed E-state index contributed by atoms with van der Waals surface area (Å²) < 4.78 is 11.1. The first-order valence-corrected chi connectivity index (χ1v) is 6.78. The summed E-state index contributed by atoms with van der Waals surface area (Å²) in [5.74, 6) is 1.65. The van der Waals surface area contributed by atoms with Crippen LogP contribution in [0.2, 0.25) is 0 Å². The quantitative estimate of drug-likeness (QED) is 0.843. The van der Waals surface area contributed by atoms with Gasteiger partial charge >= 0.3 is 0 Å². The minimum atomic E-state index is 0.504. The highest BCUT2D eigenvalue weighted by Crippen LogP contribution is 2.25. The Morgan fingerprint density at radius 1 is 1.05 bits per heavy atom. The first-order chi connectivity index (χ1) is 9.63. The first-order valence-electron chi connectivity index (χ1n) is 6.78. The normalized spacial score (nSPS) is 10.3. The highest BCUT2D eigenvalue weighted by Gasteiger charge is 2.05. The Balaban J connectivity index is 2.10. The van der Waals surface area contributed by atoms with Crippen molar-refractivity contribution in [2.75, 3.05) is 12.8 Å². The maximum atomic E-state index is 5.94. The van der Waals surface area contributed by atoms with E-state index in [0.29, 0.717) is 12.3 Å². The molecule has 0 aromatic heterocycles. The van der Waals surface area contributed by atoms with Crippen molar-refractivity contribution in [3.63, 3.8) is 0 Å². The van der Waals surface area contributed by atoms with Gasteiger partial charge in [0, 0.05) is 0 Å². The van der Waals surface area contributed by atoms with Gasteiger partial charge < -0.3 is 15.2 Å². The molecule has 0 spiro atoms. The smallest absolute Gasteiger partial charge is 0.142 e. The molecule has 20 heavy (non-hydrogen) atoms. The number of aryl methyl sites for hydroxylation is 2. The molecule has 0 heterocycles. The molecule has 0 atom stereocenters. The van der Waals surface area contributed by atoms with Crippen molar-refractivity contribution < 1.29 is 9.47 Å². The molecule has 0 amide bonds. The average molecular weight is 271 g/mol. The van der Waals surface area contributed by atoms with Crippen molar-refractivity contribution in [3.05, 3.63) is 53.1 Å². The molecule has 0 saturated heterocycles. The summed E-state index contributed by atoms with van der Waals surface area (Å²) in [7, 11) is 1.69. The van der Waals surface area contributed by atoms with E-state index in [4.69, 9.17) is 15.2 Å². The summed E-state index contributed by atoms with van der Waals surface area (Å²) in [5.41, 5.74) is 10.0. The molecule has 0 aliphatic rings. The molecule has 0 aliphatic heterocycles. The summed E-state index contributed by atoms with van der Waals surface area (Å²) in [6.45, 7) is 4.63. The molecular weight excluding hydrogens is 250 g/mol. The second kappa shape index (κ2) is 6.33. The number of hydrogen-bond acceptors (Lipinski definition) is 3. The highest BCUT2D eigenvalue weighted by molar-refractivity contribution is 5.54. The minimum absolute atomic E-state index is 0.504. The van der Waals surface area contributed by atoms with Gasteiger partial charge in [-0.3, -0.25) is 0 Å². The zero-order valence-electron chi connectivity index (χ0n) is 12.3. The van der Waals surface area contributed by atoms with E-state index >= 15 is 0 Å². The number of nitrogens with two attached hydrogens (primary N) is 1. The molecule has 0 aliphatic carbocycles. The van der Waals surface area contributed by atoms with Gasteiger partial charge in [0.2, 0.25) is 0 Å². The van der Waals surface area contributed by atoms with Gasteiger partial charge in [-0.25, -0.2) is 0 Å². The van der Waals surface area contributed by atoms with Crippen LogP contribution in [0.5, 0.6) is 11.5 Å². The number of ether oxygens (including phenoxy) is 2. The van der Waals surface area contributed by atoms with Crippen molar-refractivity contribution in [3.8, 4) is 11.5 Å². The van der Waals surface area contributed by atoms with Crippen LogP contribution in [0.25, 0.3) is 0 Å². The van der Waals surface area contributed by atoms with E-state index in [1.54, 1.807) is 7.11 Å². The number of nitrogen functional groups attached to an aromatic ring is 1. The number of hydrogen-bond donors (Lipinski definition) is 1. The summed E-state index contributed by atoms with van der Waals surface area (Å²) >= 11 is 0. The van der Waals surface area contributed by atoms with Gasteiger partial charge in [0.05, 0.1) is 12.8 Å². The van der Waals surface area contributed by atoms with Crippen LogP contribution in [0.3, 0.4) is 0 Å². The van der Waals surface area contributed by atoms with Crippen LogP contribution in [0.15, 0.2) is 36.4 Å². The van der Waals surface area contributed by atoms with Crippen LogP contribution in [0.1, 0.15) is 23.6 Å². The molecule has 0 fully saturated rings. The van der Waals surface area contributed by atoms with E-state index in [0.717, 1.165) is 29.0 Å². The fourth-order valence-electron chi connectivity index (χ4n) is 2.16. The Kier molecular flexibility index (Phi) is 4.51. The van der Waals surface area contributed by atoms with Crippen LogP contribution in [-0.4, -0.2) is 7.11 Å². The van der Waals surface area contributed by atoms with Gasteiger partial charge in [-0.05, 0) is 54.3 Å². The van der Waals surface area contributed by atoms with Crippen LogP contribution in [0, 0.1) is 6.92 Å². The second-order valence-corrected chi connectivity index (χ2v) is 4.83. The maximum Gasteiger partial charge on any atom is 0.142 e. The maximum absolute atomic E-state index is 5.94. The highest BCUT2D eigenvalue weighted by atomic mass is 16.5. The Labute approximate surface area is 120 Å². The van der Waals surface area contributed by atoms with Crippen LogP contribution in [0.4, 0.5) is 5.69 Å². The molecule has 3 heteroatoms. The molecular formula is C17H21NO2. The van der Waals surface area contributed by atoms with Gasteiger partial charge in [0.25, 0.3) is 0 Å². The lowest BCUT2D eigenvalue weighted by molar-refractivity contribution is 0.307. The summed E-state index contributed by atoms with van der Waals surface area (Å²) in [6, 6.07) is 11.9. The van der Waals surface area contributed by atoms with E-state index in [9.17, 15) is 0 Å². The lowest BCUT2D eigenvalue weighted by Gasteiger charge is -2.12. The SMILES string of the molecule is CCc1cc(COc2ccc(C)cc2N)ccc1OC. The Morgan fingerprint density at radius 3 is 2.45 bits per heavy atom. The molecule has 0 bridgehead atoms. The average Bonchev–Trinajstić information content (AvgIpc) is 2.46. The third-order valence-corrected chi connectivity index (χ3v) is 3.29. The van der Waals surface area contributed by atoms with Crippen LogP contribution >= 0.6 is 0 Å². The third-order valence-electron chi connectivity index (χ3n) is 3.29. The zero-order chi connectivity index (χ0) is 14.5. The van der Waals surface area contributed by atoms with Gasteiger partial charge in [-0.2, -0.15) is 0 Å². The standard InChI is InChI=1S/C17H21NO2/c1-4-14-10-13(6-8-16(14)19-3)11-20-17-7-5-12(2)9-15(17)18/h5-10H,4,11,18H2,1-3H3. The van der Waals surface area contributed by atoms with Gasteiger partial charge in [0.1, 0.15) is 18.1 Å². The fraction of sp³-hybridized carbons (Fsp3) is 0.294. The number of methoxy groups -OCH3 is 1. The number of anilines is 1. The number of benzene rings is 2. The first kappa shape index (κ1) is 14.3. The predicted octanol–water partition coefficient (Wildman–Crippen LogP) is 3.73. The molecule has 2 aromatic carbocycles. The molecule has 0 saturated carbocycles. The lowest BCUT2D eigenvalue weighted by atomic mass is 10.1. The van der Waals surface area contributed by atoms with Gasteiger partial charge in [0.15, 0.2) is 0 Å². The monoisotopic (exact) mass is 271 g/mol. The van der Waals surface area contributed by atoms with Crippen LogP contribution < -0.4 is 15.2 Å². The largest absolute Gasteiger partial charge is 0.496 e. The van der Waals surface area contributed by atoms with Crippen LogP contribution in [-0.2, 0) is 13.0 Å². The molecule has 3 nitrogen and oxygen atoms in total. The van der Waals surface area contributed by atoms with Crippen molar-refractivity contribution >= 4 is 5.69 Å². The van der Waals surface area contributed by atoms with E-state index < -0.39 is 0 Å². The van der Waals surface area contributed by atoms with E-state index in [2.05, 4.69) is 13.0 Å². The summed E-state index contributed by atoms with van der Waals surface area (Å²) in [6.07, 6.45) is 0.934. The zero-order valence-corrected chi connectivity index (χ0v) is 12.3. The molecule has 2 N–H and O–H groups in total. The van der Waals surface area contributed by atoms with Crippen molar-refractivity contribution in [1.29, 1.82) is 0 Å². The van der Waals surface area contributed by atoms with E-state index in [-0.39, 0.29) is 0 Å². The molecule has 2 aromatic rings. The van der Waals surface area contributed by atoms with E-state index in [1.165, 1.54) is 5.56 Å². The van der Waals surface area contributed by atoms with Gasteiger partial charge in [-0.15, -0.1) is 0 Å². The number of rotatable bonds is 5.